The Labute approximate surface area is 375 Å². The quantitative estimate of drug-likeness (QED) is 0.0334. The third kappa shape index (κ3) is 71.1. The topological polar surface area (TPSA) is 356 Å². The summed E-state index contributed by atoms with van der Waals surface area (Å²) in [7, 11) is 2.18. The van der Waals surface area contributed by atoms with Crippen LogP contribution in [0.25, 0.3) is 0 Å². The first-order valence-corrected chi connectivity index (χ1v) is 23.6. The minimum atomic E-state index is 0.213. The zero-order valence-corrected chi connectivity index (χ0v) is 40.2. The Hall–Kier alpha value is -0.760. The van der Waals surface area contributed by atoms with Gasteiger partial charge in [0.1, 0.15) is 0 Å². The minimum absolute atomic E-state index is 0.213. The second-order valence-corrected chi connectivity index (χ2v) is 15.0. The summed E-state index contributed by atoms with van der Waals surface area (Å²) in [6.07, 6.45) is 11.3. The molecular formula is C42H109N15O4. The van der Waals surface area contributed by atoms with Crippen LogP contribution in [0.4, 0.5) is 0 Å². The van der Waals surface area contributed by atoms with Crippen molar-refractivity contribution in [2.75, 3.05) is 184 Å². The Morgan fingerprint density at radius 2 is 0.967 bits per heavy atom. The summed E-state index contributed by atoms with van der Waals surface area (Å²) in [5, 5.41) is 11.3. The molecular weight excluding hydrogens is 779 g/mol. The maximum Gasteiger partial charge on any atom is 0.0701 e. The monoisotopic (exact) mass is 888 g/mol. The van der Waals surface area contributed by atoms with Gasteiger partial charge in [-0.05, 0) is 162 Å². The first-order chi connectivity index (χ1) is 29.6. The highest BCUT2D eigenvalue weighted by Crippen LogP contribution is 2.06. The van der Waals surface area contributed by atoms with Crippen LogP contribution in [-0.2, 0) is 14.2 Å². The van der Waals surface area contributed by atoms with E-state index >= 15 is 0 Å². The molecule has 0 aromatic rings. The van der Waals surface area contributed by atoms with Crippen LogP contribution in [0.15, 0.2) is 0 Å². The molecule has 2 saturated heterocycles. The highest BCUT2D eigenvalue weighted by Gasteiger charge is 2.12. The summed E-state index contributed by atoms with van der Waals surface area (Å²) in [5.41, 5.74) is 58.0. The Balaban J connectivity index is -0.000000203. The van der Waals surface area contributed by atoms with Crippen LogP contribution < -0.4 is 68.4 Å². The van der Waals surface area contributed by atoms with Crippen molar-refractivity contribution in [2.45, 2.75) is 84.1 Å². The Morgan fingerprint density at radius 1 is 0.525 bits per heavy atom. The highest BCUT2D eigenvalue weighted by molar-refractivity contribution is 4.69. The first-order valence-electron chi connectivity index (χ1n) is 23.6. The molecule has 0 spiro atoms. The van der Waals surface area contributed by atoms with Gasteiger partial charge in [-0.25, -0.2) is 0 Å². The van der Waals surface area contributed by atoms with Gasteiger partial charge in [0, 0.05) is 51.9 Å². The van der Waals surface area contributed by atoms with E-state index in [1.54, 1.807) is 0 Å². The van der Waals surface area contributed by atoms with E-state index < -0.39 is 0 Å². The Bertz CT molecular complexity index is 684. The fraction of sp³-hybridized carbons (Fsp3) is 1.00. The molecule has 24 N–H and O–H groups in total. The molecule has 376 valence electrons. The van der Waals surface area contributed by atoms with Crippen molar-refractivity contribution in [3.8, 4) is 0 Å². The van der Waals surface area contributed by atoms with Gasteiger partial charge in [-0.3, -0.25) is 0 Å². The first kappa shape index (κ1) is 69.3. The van der Waals surface area contributed by atoms with Crippen molar-refractivity contribution >= 4 is 0 Å². The lowest BCUT2D eigenvalue weighted by molar-refractivity contribution is 0.0175. The van der Waals surface area contributed by atoms with Gasteiger partial charge in [0.2, 0.25) is 0 Å². The summed E-state index contributed by atoms with van der Waals surface area (Å²) in [4.78, 5) is 7.36. The summed E-state index contributed by atoms with van der Waals surface area (Å²) >= 11 is 0. The van der Waals surface area contributed by atoms with Gasteiger partial charge in [-0.2, -0.15) is 0 Å². The number of nitrogens with one attached hydrogen (secondary N) is 1. The number of hydrogen-bond acceptors (Lipinski definition) is 19. The normalized spacial score (nSPS) is 14.8. The van der Waals surface area contributed by atoms with Gasteiger partial charge in [0.05, 0.1) is 46.2 Å². The van der Waals surface area contributed by atoms with Crippen molar-refractivity contribution in [1.29, 1.82) is 0 Å². The lowest BCUT2D eigenvalue weighted by atomic mass is 10.1. The highest BCUT2D eigenvalue weighted by atomic mass is 16.5. The molecule has 0 aliphatic carbocycles. The van der Waals surface area contributed by atoms with E-state index in [1.165, 1.54) is 78.0 Å². The zero-order valence-electron chi connectivity index (χ0n) is 40.2. The van der Waals surface area contributed by atoms with Gasteiger partial charge >= 0.3 is 0 Å². The molecule has 19 nitrogen and oxygen atoms in total. The summed E-state index contributed by atoms with van der Waals surface area (Å²) in [5.74, 6) is 0.651. The van der Waals surface area contributed by atoms with Crippen LogP contribution in [-0.4, -0.2) is 210 Å². The molecule has 0 saturated carbocycles. The van der Waals surface area contributed by atoms with Gasteiger partial charge < -0.3 is 102 Å². The van der Waals surface area contributed by atoms with Crippen LogP contribution >= 0.6 is 0 Å². The number of nitrogens with two attached hydrogens (primary N) is 11. The molecule has 2 fully saturated rings. The molecule has 0 radical (unpaired) electrons. The van der Waals surface area contributed by atoms with Gasteiger partial charge in [0.15, 0.2) is 0 Å². The predicted molar refractivity (Wildman–Crippen MR) is 262 cm³/mol. The molecule has 19 heteroatoms. The number of likely N-dealkylation sites (N-methyl/N-ethyl adjacent to an activating group) is 1. The number of piperazine rings is 1. The molecule has 2 atom stereocenters. The number of aliphatic hydroxyl groups is 1. The second-order valence-electron chi connectivity index (χ2n) is 15.0. The van der Waals surface area contributed by atoms with E-state index in [9.17, 15) is 0 Å². The van der Waals surface area contributed by atoms with Crippen molar-refractivity contribution in [3.05, 3.63) is 0 Å². The predicted octanol–water partition coefficient (Wildman–Crippen LogP) is -2.43. The summed E-state index contributed by atoms with van der Waals surface area (Å²) < 4.78 is 15.4. The number of aliphatic hydroxyl groups excluding tert-OH is 1. The minimum Gasteiger partial charge on any atom is -0.395 e. The van der Waals surface area contributed by atoms with E-state index in [-0.39, 0.29) is 6.61 Å². The van der Waals surface area contributed by atoms with E-state index in [0.717, 1.165) is 97.4 Å². The van der Waals surface area contributed by atoms with Gasteiger partial charge in [0.25, 0.3) is 0 Å². The molecule has 2 rings (SSSR count). The molecule has 2 aliphatic heterocycles. The lowest BCUT2D eigenvalue weighted by Crippen LogP contribution is -2.44. The number of rotatable bonds is 30. The van der Waals surface area contributed by atoms with Crippen molar-refractivity contribution in [2.24, 2.45) is 69.0 Å². The molecule has 2 heterocycles. The fourth-order valence-electron chi connectivity index (χ4n) is 4.97. The molecule has 2 aliphatic rings. The largest absolute Gasteiger partial charge is 0.395 e. The van der Waals surface area contributed by atoms with Gasteiger partial charge in [-0.1, -0.05) is 13.8 Å². The van der Waals surface area contributed by atoms with Crippen molar-refractivity contribution < 1.29 is 19.3 Å². The van der Waals surface area contributed by atoms with Crippen molar-refractivity contribution in [3.63, 3.8) is 0 Å². The number of likely N-dealkylation sites (tertiary alicyclic amines) is 1. The smallest absolute Gasteiger partial charge is 0.0701 e. The summed E-state index contributed by atoms with van der Waals surface area (Å²) in [6.45, 7) is 26.7. The molecule has 61 heavy (non-hydrogen) atoms. The SMILES string of the molecule is CC(CN)CCCN.CCC(N)CCN.CN1CCN(CCCN)CC1.NCCCN.NCCCN1CCCC1.NCCCNCCO.NCCOCCOCCOCCN. The standard InChI is InChI=1S/C8H19N3.C8H20N2O3.C7H16N2.C6H16N2.C5H14N2O.C5H14N2.C3H10N2/c1-10-5-7-11(8-6-10)4-2-3-9;9-1-3-11-5-7-13-8-6-12-4-2-10;8-4-3-7-9-5-1-2-6-9;1-6(5-8)3-2-4-7;6-2-1-3-7-4-5-8;1-2-5(7)3-4-6;4-2-1-3-5/h2-9H2,1H3;1-10H2;1-8H2;6H,2-5,7-8H2,1H3;7-8H,1-6H2;5H,2-4,6-7H2,1H3;1-5H2. The zero-order chi connectivity index (χ0) is 46.9. The maximum absolute atomic E-state index is 8.27. The average Bonchev–Trinajstić information content (AvgIpc) is 3.81. The van der Waals surface area contributed by atoms with Crippen LogP contribution in [0.3, 0.4) is 0 Å². The number of hydrogen-bond donors (Lipinski definition) is 13. The third-order valence-electron chi connectivity index (χ3n) is 9.04. The lowest BCUT2D eigenvalue weighted by Gasteiger charge is -2.32. The molecule has 0 bridgehead atoms. The number of ether oxygens (including phenoxy) is 3. The van der Waals surface area contributed by atoms with E-state index in [2.05, 4.69) is 40.9 Å². The maximum atomic E-state index is 8.27. The molecule has 0 aromatic heterocycles. The van der Waals surface area contributed by atoms with Crippen LogP contribution in [0, 0.1) is 5.92 Å². The third-order valence-corrected chi connectivity index (χ3v) is 9.04. The molecule has 0 aromatic carbocycles. The second kappa shape index (κ2) is 65.8. The van der Waals surface area contributed by atoms with E-state index in [4.69, 9.17) is 82.4 Å². The average molecular weight is 888 g/mol. The van der Waals surface area contributed by atoms with Gasteiger partial charge in [-0.15, -0.1) is 0 Å². The molecule has 2 unspecified atom stereocenters. The van der Waals surface area contributed by atoms with Crippen LogP contribution in [0.5, 0.6) is 0 Å². The van der Waals surface area contributed by atoms with Crippen LogP contribution in [0.2, 0.25) is 0 Å². The van der Waals surface area contributed by atoms with Crippen LogP contribution in [0.1, 0.15) is 78.1 Å². The Morgan fingerprint density at radius 3 is 1.31 bits per heavy atom. The Kier molecular flexibility index (Phi) is 74.8. The fourth-order valence-corrected chi connectivity index (χ4v) is 4.97. The van der Waals surface area contributed by atoms with E-state index in [0.29, 0.717) is 71.2 Å². The number of nitrogens with zero attached hydrogens (tertiary/aromatic N) is 3. The van der Waals surface area contributed by atoms with Crippen molar-refractivity contribution in [1.82, 2.24) is 20.0 Å². The summed E-state index contributed by atoms with van der Waals surface area (Å²) in [6, 6.07) is 0.324. The van der Waals surface area contributed by atoms with E-state index in [1.807, 2.05) is 0 Å². The molecule has 0 amide bonds.